The summed E-state index contributed by atoms with van der Waals surface area (Å²) in [5, 5.41) is 4.77. The zero-order chi connectivity index (χ0) is 21.5. The van der Waals surface area contributed by atoms with Gasteiger partial charge in [-0.15, -0.1) is 11.3 Å². The van der Waals surface area contributed by atoms with Crippen molar-refractivity contribution in [2.45, 2.75) is 6.61 Å². The number of anilines is 1. The molecule has 0 aliphatic rings. The minimum absolute atomic E-state index is 0.289. The molecule has 1 amide bonds. The van der Waals surface area contributed by atoms with Gasteiger partial charge in [-0.2, -0.15) is 0 Å². The Morgan fingerprint density at radius 2 is 1.84 bits per heavy atom. The van der Waals surface area contributed by atoms with Crippen molar-refractivity contribution >= 4 is 22.9 Å². The number of methoxy groups -OCH3 is 1. The van der Waals surface area contributed by atoms with Crippen LogP contribution < -0.4 is 19.5 Å². The highest BCUT2D eigenvalue weighted by molar-refractivity contribution is 7.07. The Morgan fingerprint density at radius 3 is 2.61 bits per heavy atom. The molecule has 0 radical (unpaired) electrons. The van der Waals surface area contributed by atoms with Crippen LogP contribution in [-0.4, -0.2) is 23.0 Å². The fourth-order valence-electron chi connectivity index (χ4n) is 2.71. The van der Waals surface area contributed by atoms with Crippen molar-refractivity contribution < 1.29 is 19.0 Å². The first-order valence-corrected chi connectivity index (χ1v) is 10.3. The first kappa shape index (κ1) is 20.4. The zero-order valence-electron chi connectivity index (χ0n) is 16.6. The van der Waals surface area contributed by atoms with Crippen molar-refractivity contribution in [2.24, 2.45) is 0 Å². The number of carbonyl (C=O) groups is 1. The van der Waals surface area contributed by atoms with Crippen LogP contribution in [-0.2, 0) is 6.61 Å². The average molecular weight is 433 g/mol. The normalized spacial score (nSPS) is 10.4. The smallest absolute Gasteiger partial charge is 0.255 e. The monoisotopic (exact) mass is 433 g/mol. The maximum Gasteiger partial charge on any atom is 0.255 e. The third kappa shape index (κ3) is 5.37. The molecule has 0 aliphatic carbocycles. The van der Waals surface area contributed by atoms with E-state index in [1.807, 2.05) is 5.38 Å². The molecule has 8 heteroatoms. The predicted molar refractivity (Wildman–Crippen MR) is 118 cm³/mol. The van der Waals surface area contributed by atoms with Crippen molar-refractivity contribution in [1.29, 1.82) is 0 Å². The fraction of sp³-hybridized carbons (Fsp3) is 0.0870. The molecule has 0 saturated carbocycles. The number of amides is 1. The van der Waals surface area contributed by atoms with Gasteiger partial charge in [0.25, 0.3) is 5.91 Å². The number of carbonyl (C=O) groups excluding carboxylic acids is 1. The molecule has 4 aromatic rings. The lowest BCUT2D eigenvalue weighted by Crippen LogP contribution is -2.13. The van der Waals surface area contributed by atoms with Crippen molar-refractivity contribution in [2.75, 3.05) is 12.4 Å². The van der Waals surface area contributed by atoms with E-state index < -0.39 is 0 Å². The third-order valence-corrected chi connectivity index (χ3v) is 4.90. The summed E-state index contributed by atoms with van der Waals surface area (Å²) in [6, 6.07) is 17.5. The van der Waals surface area contributed by atoms with E-state index in [9.17, 15) is 4.79 Å². The summed E-state index contributed by atoms with van der Waals surface area (Å²) in [4.78, 5) is 21.2. The van der Waals surface area contributed by atoms with Gasteiger partial charge in [0.15, 0.2) is 0 Å². The number of ether oxygens (including phenoxy) is 3. The first-order chi connectivity index (χ1) is 15.2. The molecule has 2 aromatic heterocycles. The predicted octanol–water partition coefficient (Wildman–Crippen LogP) is 5.17. The Morgan fingerprint density at radius 1 is 1.00 bits per heavy atom. The highest BCUT2D eigenvalue weighted by atomic mass is 32.1. The van der Waals surface area contributed by atoms with E-state index in [0.29, 0.717) is 29.4 Å². The molecular formula is C23H19N3O4S. The lowest BCUT2D eigenvalue weighted by atomic mass is 10.2. The van der Waals surface area contributed by atoms with Gasteiger partial charge in [0, 0.05) is 17.1 Å². The Kier molecular flexibility index (Phi) is 6.39. The lowest BCUT2D eigenvalue weighted by Gasteiger charge is -2.12. The Bertz CT molecular complexity index is 1150. The number of pyridine rings is 1. The summed E-state index contributed by atoms with van der Waals surface area (Å²) in [7, 11) is 1.60. The van der Waals surface area contributed by atoms with Crippen molar-refractivity contribution in [3.8, 4) is 23.1 Å². The molecule has 2 heterocycles. The largest absolute Gasteiger partial charge is 0.497 e. The van der Waals surface area contributed by atoms with Gasteiger partial charge in [-0.1, -0.05) is 6.07 Å². The fourth-order valence-corrected chi connectivity index (χ4v) is 3.25. The van der Waals surface area contributed by atoms with Gasteiger partial charge in [-0.05, 0) is 54.6 Å². The number of thiazole rings is 1. The van der Waals surface area contributed by atoms with Crippen LogP contribution in [0, 0.1) is 0 Å². The van der Waals surface area contributed by atoms with E-state index in [1.54, 1.807) is 79.5 Å². The van der Waals surface area contributed by atoms with Crippen LogP contribution in [0.4, 0.5) is 5.69 Å². The van der Waals surface area contributed by atoms with Crippen LogP contribution in [0.5, 0.6) is 23.1 Å². The van der Waals surface area contributed by atoms with Crippen LogP contribution >= 0.6 is 11.3 Å². The summed E-state index contributed by atoms with van der Waals surface area (Å²) < 4.78 is 16.7. The van der Waals surface area contributed by atoms with Gasteiger partial charge in [-0.25, -0.2) is 9.97 Å². The van der Waals surface area contributed by atoms with E-state index in [-0.39, 0.29) is 11.8 Å². The first-order valence-electron chi connectivity index (χ1n) is 9.39. The minimum atomic E-state index is -0.299. The molecule has 31 heavy (non-hydrogen) atoms. The number of benzene rings is 2. The summed E-state index contributed by atoms with van der Waals surface area (Å²) in [5.74, 6) is 1.87. The van der Waals surface area contributed by atoms with Gasteiger partial charge in [0.1, 0.15) is 29.5 Å². The second-order valence-electron chi connectivity index (χ2n) is 6.38. The molecule has 1 N–H and O–H groups in total. The summed E-state index contributed by atoms with van der Waals surface area (Å²) in [6.07, 6.45) is 1.60. The molecule has 7 nitrogen and oxygen atoms in total. The molecule has 2 aromatic carbocycles. The van der Waals surface area contributed by atoms with E-state index in [1.165, 1.54) is 11.3 Å². The van der Waals surface area contributed by atoms with Crippen LogP contribution in [0.15, 0.2) is 77.8 Å². The second kappa shape index (κ2) is 9.73. The summed E-state index contributed by atoms with van der Waals surface area (Å²) >= 11 is 1.51. The van der Waals surface area contributed by atoms with Crippen molar-refractivity contribution in [1.82, 2.24) is 9.97 Å². The zero-order valence-corrected chi connectivity index (χ0v) is 17.5. The molecule has 156 valence electrons. The number of hydrogen-bond acceptors (Lipinski definition) is 7. The number of hydrogen-bond donors (Lipinski definition) is 1. The minimum Gasteiger partial charge on any atom is -0.497 e. The second-order valence-corrected chi connectivity index (χ2v) is 7.10. The van der Waals surface area contributed by atoms with Crippen LogP contribution in [0.1, 0.15) is 16.1 Å². The van der Waals surface area contributed by atoms with Crippen LogP contribution in [0.25, 0.3) is 0 Å². The number of rotatable bonds is 8. The molecule has 4 rings (SSSR count). The van der Waals surface area contributed by atoms with Crippen LogP contribution in [0.2, 0.25) is 0 Å². The molecule has 0 aliphatic heterocycles. The van der Waals surface area contributed by atoms with Gasteiger partial charge >= 0.3 is 0 Å². The molecule has 0 spiro atoms. The van der Waals surface area contributed by atoms with Crippen molar-refractivity contribution in [3.05, 3.63) is 89.0 Å². The molecule has 0 bridgehead atoms. The highest BCUT2D eigenvalue weighted by Gasteiger charge is 2.13. The summed E-state index contributed by atoms with van der Waals surface area (Å²) in [6.45, 7) is 0.344. The quantitative estimate of drug-likeness (QED) is 0.413. The number of nitrogens with one attached hydrogen (secondary N) is 1. The van der Waals surface area contributed by atoms with E-state index >= 15 is 0 Å². The van der Waals surface area contributed by atoms with Crippen LogP contribution in [0.3, 0.4) is 0 Å². The Hall–Kier alpha value is -3.91. The Labute approximate surface area is 183 Å². The number of nitrogens with zero attached hydrogens (tertiary/aromatic N) is 2. The maximum atomic E-state index is 12.8. The third-order valence-electron chi connectivity index (χ3n) is 4.26. The highest BCUT2D eigenvalue weighted by Crippen LogP contribution is 2.28. The van der Waals surface area contributed by atoms with Gasteiger partial charge in [0.2, 0.25) is 5.88 Å². The van der Waals surface area contributed by atoms with E-state index in [2.05, 4.69) is 15.3 Å². The lowest BCUT2D eigenvalue weighted by molar-refractivity contribution is 0.102. The van der Waals surface area contributed by atoms with E-state index in [0.717, 1.165) is 11.4 Å². The molecule has 0 atom stereocenters. The molecule has 0 fully saturated rings. The Balaban J connectivity index is 1.45. The average Bonchev–Trinajstić information content (AvgIpc) is 3.33. The summed E-state index contributed by atoms with van der Waals surface area (Å²) in [5.41, 5.74) is 3.50. The van der Waals surface area contributed by atoms with Gasteiger partial charge < -0.3 is 19.5 Å². The maximum absolute atomic E-state index is 12.8. The van der Waals surface area contributed by atoms with Gasteiger partial charge in [-0.3, -0.25) is 4.79 Å². The van der Waals surface area contributed by atoms with Gasteiger partial charge in [0.05, 0.1) is 18.3 Å². The number of aromatic nitrogens is 2. The molecular weight excluding hydrogens is 414 g/mol. The van der Waals surface area contributed by atoms with E-state index in [4.69, 9.17) is 14.2 Å². The standard InChI is InChI=1S/C23H19N3O4S/c1-28-18-7-9-19(10-8-18)30-23-21(6-3-11-24-23)26-22(27)16-4-2-5-20(12-16)29-13-17-14-31-15-25-17/h2-12,14-15H,13H2,1H3,(H,26,27). The van der Waals surface area contributed by atoms with Crippen molar-refractivity contribution in [3.63, 3.8) is 0 Å². The SMILES string of the molecule is COc1ccc(Oc2ncccc2NC(=O)c2cccc(OCc3cscn3)c2)cc1. The molecule has 0 unspecified atom stereocenters. The topological polar surface area (TPSA) is 82.6 Å². The molecule has 0 saturated heterocycles.